The Labute approximate surface area is 330 Å². The third-order valence-electron chi connectivity index (χ3n) is 13.4. The monoisotopic (exact) mass is 784 g/mol. The van der Waals surface area contributed by atoms with E-state index in [1.807, 2.05) is 24.1 Å². The Morgan fingerprint density at radius 2 is 1.84 bits per heavy atom. The minimum Gasteiger partial charge on any atom is -0.463 e. The summed E-state index contributed by atoms with van der Waals surface area (Å²) in [7, 11) is -0.311. The van der Waals surface area contributed by atoms with Crippen LogP contribution in [0, 0.1) is 34.4 Å². The van der Waals surface area contributed by atoms with Gasteiger partial charge in [0, 0.05) is 61.7 Å². The SMILES string of the molecule is CC(=O)N1CC2CC(F)CC2(COc2nc(N(C)[C@@H]3CCN[C@@H]3C)c3cnc(-c4cccc5ccc(F)c(C#C[Si](C(C)C)(C(C)C)C(C)C)c45)c(F)c3n2)C1. The maximum Gasteiger partial charge on any atom is 0.319 e. The van der Waals surface area contributed by atoms with Gasteiger partial charge in [-0.1, -0.05) is 71.7 Å². The van der Waals surface area contributed by atoms with E-state index in [4.69, 9.17) is 14.7 Å². The number of ether oxygens (including phenoxy) is 1. The molecule has 8 nitrogen and oxygen atoms in total. The number of carbonyl (C=O) groups is 1. The minimum atomic E-state index is -2.24. The Hall–Kier alpha value is -4.21. The van der Waals surface area contributed by atoms with E-state index in [0.717, 1.165) is 18.4 Å². The molecule has 2 aliphatic heterocycles. The van der Waals surface area contributed by atoms with Gasteiger partial charge in [0.2, 0.25) is 5.91 Å². The Morgan fingerprint density at radius 1 is 1.11 bits per heavy atom. The molecule has 2 saturated heterocycles. The summed E-state index contributed by atoms with van der Waals surface area (Å²) in [6.07, 6.45) is 2.10. The first-order valence-corrected chi connectivity index (χ1v) is 22.4. The molecule has 298 valence electrons. The van der Waals surface area contributed by atoms with E-state index in [2.05, 4.69) is 70.2 Å². The number of anilines is 1. The fourth-order valence-corrected chi connectivity index (χ4v) is 15.7. The van der Waals surface area contributed by atoms with Gasteiger partial charge in [-0.2, -0.15) is 9.97 Å². The summed E-state index contributed by atoms with van der Waals surface area (Å²) in [5.74, 6) is 2.54. The van der Waals surface area contributed by atoms with Crippen LogP contribution in [0.4, 0.5) is 19.0 Å². The number of halogens is 3. The zero-order valence-electron chi connectivity index (χ0n) is 34.1. The molecule has 1 N–H and O–H groups in total. The summed E-state index contributed by atoms with van der Waals surface area (Å²) in [5, 5.41) is 5.12. The average Bonchev–Trinajstić information content (AvgIpc) is 3.82. The molecule has 7 rings (SSSR count). The number of nitrogens with zero attached hydrogens (tertiary/aromatic N) is 5. The molecule has 1 saturated carbocycles. The van der Waals surface area contributed by atoms with Gasteiger partial charge < -0.3 is 19.9 Å². The normalized spacial score (nSPS) is 23.7. The highest BCUT2D eigenvalue weighted by molar-refractivity contribution is 6.90. The van der Waals surface area contributed by atoms with Gasteiger partial charge >= 0.3 is 6.01 Å². The van der Waals surface area contributed by atoms with Crippen molar-refractivity contribution < 1.29 is 22.7 Å². The molecule has 3 aliphatic rings. The summed E-state index contributed by atoms with van der Waals surface area (Å²) in [5.41, 5.74) is 4.81. The lowest BCUT2D eigenvalue weighted by atomic mass is 9.81. The second-order valence-corrected chi connectivity index (χ2v) is 23.1. The molecule has 12 heteroatoms. The fourth-order valence-electron chi connectivity index (χ4n) is 10.4. The first-order chi connectivity index (χ1) is 26.6. The van der Waals surface area contributed by atoms with Gasteiger partial charge in [-0.05, 0) is 66.7 Å². The number of fused-ring (bicyclic) bond motifs is 3. The van der Waals surface area contributed by atoms with E-state index < -0.39 is 31.3 Å². The highest BCUT2D eigenvalue weighted by atomic mass is 28.3. The molecular formula is C44H55F3N6O2Si. The molecule has 1 aliphatic carbocycles. The number of hydrogen-bond donors (Lipinski definition) is 1. The van der Waals surface area contributed by atoms with Crippen LogP contribution in [-0.4, -0.2) is 85.4 Å². The molecule has 2 aromatic carbocycles. The van der Waals surface area contributed by atoms with Crippen molar-refractivity contribution >= 4 is 41.5 Å². The second kappa shape index (κ2) is 15.3. The van der Waals surface area contributed by atoms with Gasteiger partial charge in [0.05, 0.1) is 17.6 Å². The van der Waals surface area contributed by atoms with Crippen LogP contribution in [0.1, 0.15) is 80.2 Å². The number of nitrogens with one attached hydrogen (secondary N) is 1. The number of amides is 1. The van der Waals surface area contributed by atoms with Crippen LogP contribution in [0.2, 0.25) is 16.6 Å². The highest BCUT2D eigenvalue weighted by Gasteiger charge is 2.54. The van der Waals surface area contributed by atoms with Crippen LogP contribution in [0.25, 0.3) is 32.9 Å². The molecule has 4 heterocycles. The Morgan fingerprint density at radius 3 is 2.50 bits per heavy atom. The van der Waals surface area contributed by atoms with E-state index in [0.29, 0.717) is 58.3 Å². The zero-order valence-corrected chi connectivity index (χ0v) is 35.1. The number of rotatable bonds is 9. The van der Waals surface area contributed by atoms with Crippen molar-refractivity contribution in [2.45, 2.75) is 110 Å². The van der Waals surface area contributed by atoms with Gasteiger partial charge in [-0.3, -0.25) is 9.78 Å². The molecular weight excluding hydrogens is 730 g/mol. The van der Waals surface area contributed by atoms with Crippen LogP contribution in [0.3, 0.4) is 0 Å². The topological polar surface area (TPSA) is 83.5 Å². The predicted octanol–water partition coefficient (Wildman–Crippen LogP) is 8.85. The number of pyridine rings is 1. The summed E-state index contributed by atoms with van der Waals surface area (Å²) in [6.45, 7) is 18.7. The van der Waals surface area contributed by atoms with Gasteiger partial charge in [-0.25, -0.2) is 13.2 Å². The molecule has 3 unspecified atom stereocenters. The third kappa shape index (κ3) is 6.82. The molecule has 0 radical (unpaired) electrons. The van der Waals surface area contributed by atoms with E-state index in [-0.39, 0.29) is 59.7 Å². The van der Waals surface area contributed by atoms with Crippen molar-refractivity contribution in [3.63, 3.8) is 0 Å². The highest BCUT2D eigenvalue weighted by Crippen LogP contribution is 2.50. The van der Waals surface area contributed by atoms with Gasteiger partial charge in [0.15, 0.2) is 5.82 Å². The van der Waals surface area contributed by atoms with Crippen molar-refractivity contribution in [2.24, 2.45) is 11.3 Å². The summed E-state index contributed by atoms with van der Waals surface area (Å²) in [6, 6.07) is 8.77. The van der Waals surface area contributed by atoms with Gasteiger partial charge in [0.25, 0.3) is 0 Å². The number of likely N-dealkylation sites (N-methyl/N-ethyl adjacent to an activating group) is 1. The van der Waals surface area contributed by atoms with E-state index >= 15 is 8.78 Å². The van der Waals surface area contributed by atoms with Gasteiger partial charge in [0.1, 0.15) is 37.1 Å². The fraction of sp³-hybridized carbons (Fsp3) is 0.545. The number of hydrogen-bond acceptors (Lipinski definition) is 7. The second-order valence-electron chi connectivity index (χ2n) is 17.5. The Kier molecular flexibility index (Phi) is 10.9. The lowest BCUT2D eigenvalue weighted by molar-refractivity contribution is -0.128. The number of carbonyl (C=O) groups excluding carboxylic acids is 1. The Bertz CT molecular complexity index is 2200. The first kappa shape index (κ1) is 40.0. The molecule has 5 atom stereocenters. The van der Waals surface area contributed by atoms with Crippen molar-refractivity contribution in [3.8, 4) is 28.7 Å². The summed E-state index contributed by atoms with van der Waals surface area (Å²) < 4.78 is 54.6. The van der Waals surface area contributed by atoms with E-state index in [1.165, 1.54) is 13.0 Å². The van der Waals surface area contributed by atoms with E-state index in [9.17, 15) is 9.18 Å². The largest absolute Gasteiger partial charge is 0.463 e. The molecule has 1 amide bonds. The van der Waals surface area contributed by atoms with Crippen molar-refractivity contribution in [1.82, 2.24) is 25.2 Å². The zero-order chi connectivity index (χ0) is 40.3. The minimum absolute atomic E-state index is 0.0213. The van der Waals surface area contributed by atoms with Crippen LogP contribution in [0.5, 0.6) is 6.01 Å². The smallest absolute Gasteiger partial charge is 0.319 e. The lowest BCUT2D eigenvalue weighted by Crippen LogP contribution is -2.43. The predicted molar refractivity (Wildman–Crippen MR) is 220 cm³/mol. The van der Waals surface area contributed by atoms with Crippen LogP contribution in [-0.2, 0) is 4.79 Å². The molecule has 56 heavy (non-hydrogen) atoms. The first-order valence-electron chi connectivity index (χ1n) is 20.2. The molecule has 0 spiro atoms. The van der Waals surface area contributed by atoms with Gasteiger partial charge in [-0.15, -0.1) is 5.54 Å². The molecule has 3 fully saturated rings. The number of benzene rings is 2. The lowest BCUT2D eigenvalue weighted by Gasteiger charge is -2.38. The number of aromatic nitrogens is 3. The van der Waals surface area contributed by atoms with Crippen molar-refractivity contribution in [3.05, 3.63) is 53.7 Å². The summed E-state index contributed by atoms with van der Waals surface area (Å²) in [4.78, 5) is 30.4. The third-order valence-corrected chi connectivity index (χ3v) is 19.7. The number of likely N-dealkylation sites (tertiary alicyclic amines) is 1. The van der Waals surface area contributed by atoms with Crippen LogP contribution in [0.15, 0.2) is 36.5 Å². The molecule has 0 bridgehead atoms. The summed E-state index contributed by atoms with van der Waals surface area (Å²) >= 11 is 0. The van der Waals surface area contributed by atoms with E-state index in [1.54, 1.807) is 23.2 Å². The maximum atomic E-state index is 17.4. The Balaban J connectivity index is 1.38. The standard InChI is InChI=1S/C44H55F3N6O2Si/c1-25(2)56(26(3)4,27(5)6)18-16-33-36(46)14-13-30-11-10-12-34(38(30)33)40-39(47)41-35(21-49-40)42(52(9)37-15-17-48-28(37)7)51-43(50-41)55-24-44-20-32(45)19-31(44)22-53(23-44)29(8)54/h10-14,21,25-28,31-32,37,48H,15,17,19-20,22-24H2,1-9H3/t28-,31?,32?,37-,44?/m1/s1. The van der Waals surface area contributed by atoms with Crippen molar-refractivity contribution in [1.29, 1.82) is 0 Å². The van der Waals surface area contributed by atoms with Crippen LogP contribution >= 0.6 is 0 Å². The average molecular weight is 785 g/mol. The van der Waals surface area contributed by atoms with Crippen molar-refractivity contribution in [2.75, 3.05) is 38.2 Å². The van der Waals surface area contributed by atoms with Crippen LogP contribution < -0.4 is 15.0 Å². The maximum absolute atomic E-state index is 17.4. The molecule has 4 aromatic rings. The molecule has 2 aromatic heterocycles. The quantitative estimate of drug-likeness (QED) is 0.134. The number of alkyl halides is 1.